The van der Waals surface area contributed by atoms with Gasteiger partial charge in [0.15, 0.2) is 0 Å². The first-order chi connectivity index (χ1) is 19.5. The number of benzene rings is 3. The first kappa shape index (κ1) is 28.4. The molecule has 5 rings (SSSR count). The number of nitrogens with one attached hydrogen (secondary N) is 1. The smallest absolute Gasteiger partial charge is 0.261 e. The molecule has 0 bridgehead atoms. The molecule has 4 aromatic rings. The number of aromatic nitrogens is 2. The summed E-state index contributed by atoms with van der Waals surface area (Å²) in [6, 6.07) is 24.6. The van der Waals surface area contributed by atoms with E-state index in [9.17, 15) is 9.59 Å². The topological polar surface area (TPSA) is 82.4 Å². The molecule has 0 saturated heterocycles. The van der Waals surface area contributed by atoms with Gasteiger partial charge in [0, 0.05) is 24.1 Å². The zero-order valence-electron chi connectivity index (χ0n) is 23.4. The molecular formula is C33H35N3O4. The molecule has 1 heterocycles. The molecule has 1 atom stereocenters. The first-order valence-corrected chi connectivity index (χ1v) is 13.5. The maximum Gasteiger partial charge on any atom is 0.261 e. The molecule has 0 radical (unpaired) electrons. The Kier molecular flexibility index (Phi) is 9.52. The second-order valence-corrected chi connectivity index (χ2v) is 9.16. The average molecular weight is 538 g/mol. The van der Waals surface area contributed by atoms with Gasteiger partial charge in [-0.25, -0.2) is 4.98 Å². The molecule has 1 N–H and O–H groups in total. The van der Waals surface area contributed by atoms with Crippen LogP contribution in [-0.4, -0.2) is 29.2 Å². The molecule has 0 aliphatic heterocycles. The SMILES string of the molecule is CC.COC1=CCC(c2nc3ccccc3c(=O)n2Cc2ccccc2)C=C1COc1ccc(NC(C)=O)cc1. The number of fused-ring (bicyclic) bond motifs is 1. The fourth-order valence-electron chi connectivity index (χ4n) is 4.66. The molecule has 1 aliphatic carbocycles. The highest BCUT2D eigenvalue weighted by Gasteiger charge is 2.24. The van der Waals surface area contributed by atoms with Crippen LogP contribution >= 0.6 is 0 Å². The van der Waals surface area contributed by atoms with Gasteiger partial charge in [0.05, 0.1) is 24.6 Å². The third kappa shape index (κ3) is 6.67. The first-order valence-electron chi connectivity index (χ1n) is 13.5. The zero-order chi connectivity index (χ0) is 28.5. The summed E-state index contributed by atoms with van der Waals surface area (Å²) in [5.41, 5.74) is 3.25. The number of carbonyl (C=O) groups is 1. The lowest BCUT2D eigenvalue weighted by molar-refractivity contribution is -0.114. The minimum absolute atomic E-state index is 0.0542. The number of hydrogen-bond acceptors (Lipinski definition) is 5. The van der Waals surface area contributed by atoms with Crippen LogP contribution in [0.3, 0.4) is 0 Å². The van der Waals surface area contributed by atoms with E-state index in [1.165, 1.54) is 6.92 Å². The van der Waals surface area contributed by atoms with Crippen LogP contribution in [0.25, 0.3) is 10.9 Å². The van der Waals surface area contributed by atoms with Gasteiger partial charge in [0.25, 0.3) is 5.56 Å². The van der Waals surface area contributed by atoms with E-state index in [0.29, 0.717) is 41.1 Å². The number of allylic oxidation sites excluding steroid dienone is 2. The lowest BCUT2D eigenvalue weighted by Crippen LogP contribution is -2.28. The normalized spacial score (nSPS) is 14.3. The van der Waals surface area contributed by atoms with Crippen LogP contribution in [0.2, 0.25) is 0 Å². The van der Waals surface area contributed by atoms with Crippen LogP contribution in [0.15, 0.2) is 107 Å². The van der Waals surface area contributed by atoms with Crippen LogP contribution in [0.5, 0.6) is 5.75 Å². The molecule has 206 valence electrons. The Morgan fingerprint density at radius 2 is 1.70 bits per heavy atom. The van der Waals surface area contributed by atoms with E-state index in [0.717, 1.165) is 16.9 Å². The Labute approximate surface area is 234 Å². The van der Waals surface area contributed by atoms with Crippen LogP contribution in [0, 0.1) is 0 Å². The number of hydrogen-bond donors (Lipinski definition) is 1. The molecule has 0 spiro atoms. The van der Waals surface area contributed by atoms with Crippen molar-refractivity contribution in [3.05, 3.63) is 124 Å². The number of carbonyl (C=O) groups excluding carboxylic acids is 1. The standard InChI is InChI=1S/C31H29N3O4.C2H6/c1-21(35)32-25-13-15-26(16-14-25)38-20-24-18-23(12-17-29(24)37-2)30-33-28-11-7-6-10-27(28)31(36)34(30)19-22-8-4-3-5-9-22;1-2/h3-11,13-18,23H,12,19-20H2,1-2H3,(H,32,35);1-2H3. The van der Waals surface area contributed by atoms with E-state index < -0.39 is 0 Å². The van der Waals surface area contributed by atoms with Crippen molar-refractivity contribution < 1.29 is 14.3 Å². The Morgan fingerprint density at radius 3 is 2.40 bits per heavy atom. The summed E-state index contributed by atoms with van der Waals surface area (Å²) >= 11 is 0. The molecule has 3 aromatic carbocycles. The molecule has 40 heavy (non-hydrogen) atoms. The van der Waals surface area contributed by atoms with Crippen molar-refractivity contribution in [1.82, 2.24) is 9.55 Å². The quantitative estimate of drug-likeness (QED) is 0.279. The fraction of sp³-hybridized carbons (Fsp3) is 0.242. The number of para-hydroxylation sites is 1. The number of methoxy groups -OCH3 is 1. The van der Waals surface area contributed by atoms with Crippen molar-refractivity contribution in [2.45, 2.75) is 39.7 Å². The summed E-state index contributed by atoms with van der Waals surface area (Å²) < 4.78 is 13.5. The summed E-state index contributed by atoms with van der Waals surface area (Å²) in [5.74, 6) is 1.87. The Bertz CT molecular complexity index is 1570. The molecule has 7 heteroatoms. The van der Waals surface area contributed by atoms with Crippen molar-refractivity contribution in [2.24, 2.45) is 0 Å². The van der Waals surface area contributed by atoms with Gasteiger partial charge < -0.3 is 14.8 Å². The van der Waals surface area contributed by atoms with Gasteiger partial charge in [0.1, 0.15) is 23.9 Å². The number of rotatable bonds is 8. The van der Waals surface area contributed by atoms with Gasteiger partial charge in [-0.3, -0.25) is 14.2 Å². The lowest BCUT2D eigenvalue weighted by atomic mass is 9.93. The van der Waals surface area contributed by atoms with Gasteiger partial charge in [-0.2, -0.15) is 0 Å². The van der Waals surface area contributed by atoms with E-state index >= 15 is 0 Å². The summed E-state index contributed by atoms with van der Waals surface area (Å²) in [4.78, 5) is 29.9. The molecule has 1 aliphatic rings. The Morgan fingerprint density at radius 1 is 1.00 bits per heavy atom. The predicted molar refractivity (Wildman–Crippen MR) is 160 cm³/mol. The fourth-order valence-corrected chi connectivity index (χ4v) is 4.66. The maximum atomic E-state index is 13.6. The average Bonchev–Trinajstić information content (AvgIpc) is 2.99. The molecule has 1 unspecified atom stereocenters. The molecule has 1 amide bonds. The van der Waals surface area contributed by atoms with Gasteiger partial charge in [0.2, 0.25) is 5.91 Å². The lowest BCUT2D eigenvalue weighted by Gasteiger charge is -2.24. The summed E-state index contributed by atoms with van der Waals surface area (Å²) in [5, 5.41) is 3.35. The van der Waals surface area contributed by atoms with Crippen molar-refractivity contribution in [3.63, 3.8) is 0 Å². The largest absolute Gasteiger partial charge is 0.497 e. The van der Waals surface area contributed by atoms with E-state index in [2.05, 4.69) is 11.4 Å². The molecule has 1 aromatic heterocycles. The van der Waals surface area contributed by atoms with Gasteiger partial charge in [-0.05, 0) is 54.5 Å². The van der Waals surface area contributed by atoms with Crippen LogP contribution in [-0.2, 0) is 16.1 Å². The predicted octanol–water partition coefficient (Wildman–Crippen LogP) is 6.45. The maximum absolute atomic E-state index is 13.6. The molecule has 7 nitrogen and oxygen atoms in total. The third-order valence-corrected chi connectivity index (χ3v) is 6.47. The minimum atomic E-state index is -0.129. The van der Waals surface area contributed by atoms with Crippen LogP contribution in [0.1, 0.15) is 44.5 Å². The van der Waals surface area contributed by atoms with Crippen LogP contribution in [0.4, 0.5) is 5.69 Å². The van der Waals surface area contributed by atoms with E-state index in [1.54, 1.807) is 23.8 Å². The molecule has 0 fully saturated rings. The summed E-state index contributed by atoms with van der Waals surface area (Å²) in [6.45, 7) is 6.19. The number of anilines is 1. The van der Waals surface area contributed by atoms with E-state index in [1.807, 2.05) is 86.7 Å². The van der Waals surface area contributed by atoms with Crippen molar-refractivity contribution in [1.29, 1.82) is 0 Å². The second kappa shape index (κ2) is 13.4. The molecular weight excluding hydrogens is 502 g/mol. The van der Waals surface area contributed by atoms with Crippen molar-refractivity contribution >= 4 is 22.5 Å². The minimum Gasteiger partial charge on any atom is -0.497 e. The highest BCUT2D eigenvalue weighted by molar-refractivity contribution is 5.88. The molecule has 0 saturated carbocycles. The zero-order valence-corrected chi connectivity index (χ0v) is 23.4. The van der Waals surface area contributed by atoms with Gasteiger partial charge >= 0.3 is 0 Å². The van der Waals surface area contributed by atoms with Gasteiger partial charge in [-0.1, -0.05) is 62.4 Å². The number of nitrogens with zero attached hydrogens (tertiary/aromatic N) is 2. The third-order valence-electron chi connectivity index (χ3n) is 6.47. The van der Waals surface area contributed by atoms with E-state index in [4.69, 9.17) is 14.5 Å². The highest BCUT2D eigenvalue weighted by Crippen LogP contribution is 2.31. The Hall–Kier alpha value is -4.65. The van der Waals surface area contributed by atoms with Crippen molar-refractivity contribution in [3.8, 4) is 5.75 Å². The number of ether oxygens (including phenoxy) is 2. The van der Waals surface area contributed by atoms with Crippen LogP contribution < -0.4 is 15.6 Å². The Balaban J connectivity index is 0.00000181. The number of amides is 1. The highest BCUT2D eigenvalue weighted by atomic mass is 16.5. The summed E-state index contributed by atoms with van der Waals surface area (Å²) in [6.07, 6.45) is 4.76. The second-order valence-electron chi connectivity index (χ2n) is 9.16. The van der Waals surface area contributed by atoms with E-state index in [-0.39, 0.29) is 24.0 Å². The monoisotopic (exact) mass is 537 g/mol. The van der Waals surface area contributed by atoms with Crippen molar-refractivity contribution in [2.75, 3.05) is 19.0 Å². The summed E-state index contributed by atoms with van der Waals surface area (Å²) in [7, 11) is 1.64. The van der Waals surface area contributed by atoms with Gasteiger partial charge in [-0.15, -0.1) is 0 Å².